The SMILES string of the molecule is NC(Cc1ccccc1)C(=O)O.S=COC=S. The summed E-state index contributed by atoms with van der Waals surface area (Å²) in [6, 6.07) is 8.54. The average molecular weight is 271 g/mol. The van der Waals surface area contributed by atoms with E-state index < -0.39 is 12.0 Å². The quantitative estimate of drug-likeness (QED) is 0.792. The zero-order valence-electron chi connectivity index (χ0n) is 8.98. The first kappa shape index (κ1) is 15.6. The zero-order chi connectivity index (χ0) is 13.1. The van der Waals surface area contributed by atoms with Gasteiger partial charge in [-0.25, -0.2) is 0 Å². The maximum Gasteiger partial charge on any atom is 0.320 e. The topological polar surface area (TPSA) is 72.6 Å². The molecule has 1 atom stereocenters. The van der Waals surface area contributed by atoms with E-state index in [9.17, 15) is 4.79 Å². The number of hydrogen-bond donors (Lipinski definition) is 2. The highest BCUT2D eigenvalue weighted by Crippen LogP contribution is 2.01. The van der Waals surface area contributed by atoms with E-state index in [1.54, 1.807) is 0 Å². The number of rotatable bonds is 5. The smallest absolute Gasteiger partial charge is 0.320 e. The summed E-state index contributed by atoms with van der Waals surface area (Å²) < 4.78 is 4.21. The third kappa shape index (κ3) is 8.44. The maximum atomic E-state index is 10.4. The van der Waals surface area contributed by atoms with E-state index in [4.69, 9.17) is 10.8 Å². The van der Waals surface area contributed by atoms with Crippen LogP contribution in [0.2, 0.25) is 0 Å². The lowest BCUT2D eigenvalue weighted by atomic mass is 10.1. The molecule has 92 valence electrons. The first-order valence-corrected chi connectivity index (χ1v) is 5.61. The Morgan fingerprint density at radius 3 is 2.24 bits per heavy atom. The number of carbonyl (C=O) groups is 1. The molecule has 0 amide bonds. The molecule has 0 heterocycles. The van der Waals surface area contributed by atoms with Crippen molar-refractivity contribution < 1.29 is 14.6 Å². The molecule has 0 aliphatic carbocycles. The monoisotopic (exact) mass is 271 g/mol. The number of benzene rings is 1. The lowest BCUT2D eigenvalue weighted by Gasteiger charge is -2.04. The summed E-state index contributed by atoms with van der Waals surface area (Å²) in [5.74, 6) is -0.959. The van der Waals surface area contributed by atoms with E-state index >= 15 is 0 Å². The number of aliphatic carboxylic acids is 1. The second kappa shape index (κ2) is 9.83. The standard InChI is InChI=1S/C9H11NO2.C2H2OS2/c10-8(9(11)12)6-7-4-2-1-3-5-7;4-1-3-2-5/h1-5,8H,6,10H2,(H,11,12);1-2H. The van der Waals surface area contributed by atoms with E-state index in [0.29, 0.717) is 6.42 Å². The number of ether oxygens (including phenoxy) is 1. The van der Waals surface area contributed by atoms with E-state index in [0.717, 1.165) is 16.7 Å². The fourth-order valence-corrected chi connectivity index (χ4v) is 1.16. The van der Waals surface area contributed by atoms with Crippen LogP contribution < -0.4 is 5.73 Å². The minimum atomic E-state index is -0.959. The molecule has 0 aliphatic rings. The van der Waals surface area contributed by atoms with Gasteiger partial charge in [0.25, 0.3) is 0 Å². The van der Waals surface area contributed by atoms with Crippen molar-refractivity contribution in [1.82, 2.24) is 0 Å². The molecule has 0 bridgehead atoms. The normalized spacial score (nSPS) is 10.4. The Kier molecular flexibility index (Phi) is 9.04. The van der Waals surface area contributed by atoms with Gasteiger partial charge in [0.2, 0.25) is 0 Å². The van der Waals surface area contributed by atoms with Gasteiger partial charge < -0.3 is 15.6 Å². The summed E-state index contributed by atoms with van der Waals surface area (Å²) in [6.07, 6.45) is 0.385. The molecule has 0 aliphatic heterocycles. The van der Waals surface area contributed by atoms with Gasteiger partial charge in [-0.1, -0.05) is 30.3 Å². The summed E-state index contributed by atoms with van der Waals surface area (Å²) in [4.78, 5) is 10.4. The number of hydrogen-bond acceptors (Lipinski definition) is 5. The molecule has 3 N–H and O–H groups in total. The van der Waals surface area contributed by atoms with Crippen molar-refractivity contribution in [3.05, 3.63) is 35.9 Å². The first-order valence-electron chi connectivity index (χ1n) is 4.67. The van der Waals surface area contributed by atoms with Gasteiger partial charge in [-0.05, 0) is 36.4 Å². The summed E-state index contributed by atoms with van der Waals surface area (Å²) in [6.45, 7) is 0. The van der Waals surface area contributed by atoms with E-state index in [-0.39, 0.29) is 0 Å². The molecule has 1 aromatic rings. The van der Waals surface area contributed by atoms with Gasteiger partial charge in [-0.3, -0.25) is 4.79 Å². The Bertz CT molecular complexity index is 351. The van der Waals surface area contributed by atoms with Crippen molar-refractivity contribution in [3.8, 4) is 0 Å². The fourth-order valence-electron chi connectivity index (χ4n) is 0.978. The van der Waals surface area contributed by atoms with Crippen LogP contribution in [-0.2, 0) is 16.0 Å². The molecular formula is C11H13NO3S2. The summed E-state index contributed by atoms with van der Waals surface area (Å²) >= 11 is 8.41. The fraction of sp³-hybridized carbons (Fsp3) is 0.182. The predicted molar refractivity (Wildman–Crippen MR) is 74.2 cm³/mol. The summed E-state index contributed by atoms with van der Waals surface area (Å²) in [7, 11) is 0. The van der Waals surface area contributed by atoms with Gasteiger partial charge in [-0.2, -0.15) is 0 Å². The van der Waals surface area contributed by atoms with Gasteiger partial charge in [0, 0.05) is 0 Å². The molecule has 1 unspecified atom stereocenters. The molecular weight excluding hydrogens is 258 g/mol. The second-order valence-corrected chi connectivity index (χ2v) is 3.35. The molecule has 0 fully saturated rings. The van der Waals surface area contributed by atoms with Crippen molar-refractivity contribution in [2.45, 2.75) is 12.5 Å². The maximum absolute atomic E-state index is 10.4. The van der Waals surface area contributed by atoms with E-state index in [2.05, 4.69) is 29.2 Å². The van der Waals surface area contributed by atoms with Crippen LogP contribution in [0, 0.1) is 0 Å². The third-order valence-electron chi connectivity index (χ3n) is 1.73. The first-order chi connectivity index (χ1) is 8.11. The van der Waals surface area contributed by atoms with Crippen molar-refractivity contribution in [2.75, 3.05) is 0 Å². The average Bonchev–Trinajstić information content (AvgIpc) is 2.32. The Hall–Kier alpha value is -1.37. The Morgan fingerprint density at radius 1 is 1.35 bits per heavy atom. The highest BCUT2D eigenvalue weighted by molar-refractivity contribution is 7.79. The third-order valence-corrected chi connectivity index (χ3v) is 1.95. The highest BCUT2D eigenvalue weighted by Gasteiger charge is 2.10. The van der Waals surface area contributed by atoms with Gasteiger partial charge in [0.05, 0.1) is 0 Å². The van der Waals surface area contributed by atoms with Gasteiger partial charge in [-0.15, -0.1) is 0 Å². The molecule has 0 spiro atoms. The number of nitrogens with two attached hydrogens (primary N) is 1. The minimum absolute atomic E-state index is 0.385. The molecule has 4 nitrogen and oxygen atoms in total. The van der Waals surface area contributed by atoms with Crippen molar-refractivity contribution in [3.63, 3.8) is 0 Å². The predicted octanol–water partition coefficient (Wildman–Crippen LogP) is 1.56. The lowest BCUT2D eigenvalue weighted by molar-refractivity contribution is -0.138. The molecule has 6 heteroatoms. The Balaban J connectivity index is 0.000000437. The summed E-state index contributed by atoms with van der Waals surface area (Å²) in [5.41, 5.74) is 8.51. The van der Waals surface area contributed by atoms with Crippen molar-refractivity contribution in [1.29, 1.82) is 0 Å². The van der Waals surface area contributed by atoms with Crippen LogP contribution in [0.25, 0.3) is 0 Å². The highest BCUT2D eigenvalue weighted by atomic mass is 32.1. The Labute approximate surface area is 110 Å². The van der Waals surface area contributed by atoms with Crippen LogP contribution in [0.3, 0.4) is 0 Å². The molecule has 0 radical (unpaired) electrons. The second-order valence-electron chi connectivity index (χ2n) is 2.96. The molecule has 0 saturated heterocycles. The van der Waals surface area contributed by atoms with Gasteiger partial charge in [0.1, 0.15) is 6.04 Å². The zero-order valence-corrected chi connectivity index (χ0v) is 10.6. The van der Waals surface area contributed by atoms with Crippen molar-refractivity contribution >= 4 is 41.5 Å². The molecule has 1 aromatic carbocycles. The van der Waals surface area contributed by atoms with Crippen molar-refractivity contribution in [2.24, 2.45) is 5.73 Å². The Morgan fingerprint density at radius 2 is 1.88 bits per heavy atom. The molecule has 17 heavy (non-hydrogen) atoms. The lowest BCUT2D eigenvalue weighted by Crippen LogP contribution is -2.32. The van der Waals surface area contributed by atoms with E-state index in [1.165, 1.54) is 0 Å². The summed E-state index contributed by atoms with van der Waals surface area (Å²) in [5, 5.41) is 8.52. The van der Waals surface area contributed by atoms with Crippen LogP contribution in [0.1, 0.15) is 5.56 Å². The van der Waals surface area contributed by atoms with Gasteiger partial charge in [0.15, 0.2) is 11.1 Å². The molecule has 0 saturated carbocycles. The number of carboxylic acids is 1. The van der Waals surface area contributed by atoms with Crippen LogP contribution in [0.15, 0.2) is 30.3 Å². The van der Waals surface area contributed by atoms with Crippen LogP contribution in [-0.4, -0.2) is 28.2 Å². The molecule has 0 aromatic heterocycles. The van der Waals surface area contributed by atoms with Crippen LogP contribution in [0.4, 0.5) is 0 Å². The largest absolute Gasteiger partial charge is 0.480 e. The van der Waals surface area contributed by atoms with Crippen LogP contribution in [0.5, 0.6) is 0 Å². The minimum Gasteiger partial charge on any atom is -0.480 e. The van der Waals surface area contributed by atoms with Gasteiger partial charge >= 0.3 is 5.97 Å². The molecule has 1 rings (SSSR count). The number of carboxylic acid groups (broad SMARTS) is 1. The van der Waals surface area contributed by atoms with Crippen LogP contribution >= 0.6 is 24.4 Å². The van der Waals surface area contributed by atoms with E-state index in [1.807, 2.05) is 30.3 Å². The number of thiocarbonyl (C=S) groups is 2.